The van der Waals surface area contributed by atoms with Crippen LogP contribution in [0.15, 0.2) is 35.7 Å². The largest absolute Gasteiger partial charge is 0.117 e. The SMILES string of the molecule is CCC(Cl)C1=c2ccccc2=CC=CS1. The van der Waals surface area contributed by atoms with Gasteiger partial charge < -0.3 is 0 Å². The van der Waals surface area contributed by atoms with Gasteiger partial charge in [0.1, 0.15) is 0 Å². The first-order valence-corrected chi connectivity index (χ1v) is 6.41. The number of alkyl halides is 1. The Labute approximate surface area is 99.3 Å². The molecule has 0 saturated carbocycles. The summed E-state index contributed by atoms with van der Waals surface area (Å²) < 4.78 is 0. The molecule has 1 aliphatic heterocycles. The van der Waals surface area contributed by atoms with Gasteiger partial charge in [0, 0.05) is 4.91 Å². The fourth-order valence-electron chi connectivity index (χ4n) is 1.61. The Morgan fingerprint density at radius 1 is 1.33 bits per heavy atom. The van der Waals surface area contributed by atoms with Crippen molar-refractivity contribution < 1.29 is 0 Å². The van der Waals surface area contributed by atoms with Crippen molar-refractivity contribution >= 4 is 34.3 Å². The second kappa shape index (κ2) is 4.91. The van der Waals surface area contributed by atoms with Crippen LogP contribution in [0.5, 0.6) is 0 Å². The lowest BCUT2D eigenvalue weighted by Crippen LogP contribution is -2.27. The third kappa shape index (κ3) is 2.30. The van der Waals surface area contributed by atoms with Gasteiger partial charge in [-0.25, -0.2) is 0 Å². The minimum atomic E-state index is 0.118. The number of allylic oxidation sites excluding steroid dienone is 1. The zero-order valence-corrected chi connectivity index (χ0v) is 10.2. The van der Waals surface area contributed by atoms with E-state index in [0.29, 0.717) is 0 Å². The Morgan fingerprint density at radius 2 is 2.13 bits per heavy atom. The van der Waals surface area contributed by atoms with Crippen molar-refractivity contribution in [3.05, 3.63) is 46.2 Å². The van der Waals surface area contributed by atoms with Crippen molar-refractivity contribution in [2.45, 2.75) is 18.7 Å². The maximum absolute atomic E-state index is 6.34. The van der Waals surface area contributed by atoms with Crippen molar-refractivity contribution in [1.82, 2.24) is 0 Å². The monoisotopic (exact) mass is 236 g/mol. The topological polar surface area (TPSA) is 0 Å². The molecule has 78 valence electrons. The summed E-state index contributed by atoms with van der Waals surface area (Å²) in [4.78, 5) is 1.26. The Hall–Kier alpha value is -0.660. The highest BCUT2D eigenvalue weighted by molar-refractivity contribution is 8.10. The maximum atomic E-state index is 6.34. The fourth-order valence-corrected chi connectivity index (χ4v) is 2.82. The molecule has 15 heavy (non-hydrogen) atoms. The summed E-state index contributed by atoms with van der Waals surface area (Å²) >= 11 is 8.07. The molecule has 0 spiro atoms. The van der Waals surface area contributed by atoms with E-state index < -0.39 is 0 Å². The van der Waals surface area contributed by atoms with Gasteiger partial charge in [-0.2, -0.15) is 0 Å². The molecule has 0 saturated heterocycles. The van der Waals surface area contributed by atoms with Crippen LogP contribution in [0, 0.1) is 0 Å². The highest BCUT2D eigenvalue weighted by atomic mass is 35.5. The van der Waals surface area contributed by atoms with Crippen LogP contribution in [0.3, 0.4) is 0 Å². The van der Waals surface area contributed by atoms with Crippen LogP contribution in [0.2, 0.25) is 0 Å². The van der Waals surface area contributed by atoms with Crippen LogP contribution >= 0.6 is 23.4 Å². The summed E-state index contributed by atoms with van der Waals surface area (Å²) in [5.41, 5.74) is 0. The maximum Gasteiger partial charge on any atom is 0.0651 e. The summed E-state index contributed by atoms with van der Waals surface area (Å²) in [5.74, 6) is 0. The van der Waals surface area contributed by atoms with Crippen LogP contribution in [-0.4, -0.2) is 5.38 Å². The lowest BCUT2D eigenvalue weighted by Gasteiger charge is -2.09. The number of hydrogen-bond acceptors (Lipinski definition) is 1. The predicted octanol–water partition coefficient (Wildman–Crippen LogP) is 2.85. The summed E-state index contributed by atoms with van der Waals surface area (Å²) in [7, 11) is 0. The average Bonchev–Trinajstić information content (AvgIpc) is 2.50. The normalized spacial score (nSPS) is 16.5. The van der Waals surface area contributed by atoms with Gasteiger partial charge >= 0.3 is 0 Å². The van der Waals surface area contributed by atoms with Crippen LogP contribution < -0.4 is 10.4 Å². The third-order valence-corrected chi connectivity index (χ3v) is 4.13. The average molecular weight is 237 g/mol. The molecule has 2 heteroatoms. The van der Waals surface area contributed by atoms with Crippen molar-refractivity contribution in [3.63, 3.8) is 0 Å². The van der Waals surface area contributed by atoms with Gasteiger partial charge in [-0.05, 0) is 22.3 Å². The highest BCUT2D eigenvalue weighted by Crippen LogP contribution is 2.27. The van der Waals surface area contributed by atoms with Crippen molar-refractivity contribution in [1.29, 1.82) is 0 Å². The molecule has 0 aromatic heterocycles. The van der Waals surface area contributed by atoms with Crippen molar-refractivity contribution in [2.24, 2.45) is 0 Å². The number of fused-ring (bicyclic) bond motifs is 1. The van der Waals surface area contributed by atoms with E-state index in [1.54, 1.807) is 11.8 Å². The number of benzene rings is 1. The Morgan fingerprint density at radius 3 is 2.93 bits per heavy atom. The van der Waals surface area contributed by atoms with Crippen molar-refractivity contribution in [3.8, 4) is 0 Å². The molecular formula is C13H13ClS. The van der Waals surface area contributed by atoms with Gasteiger partial charge in [0.2, 0.25) is 0 Å². The quantitative estimate of drug-likeness (QED) is 0.712. The first kappa shape index (κ1) is 10.8. The lowest BCUT2D eigenvalue weighted by atomic mass is 10.2. The molecule has 0 radical (unpaired) electrons. The molecule has 2 rings (SSSR count). The summed E-state index contributed by atoms with van der Waals surface area (Å²) in [5, 5.41) is 4.75. The molecule has 0 N–H and O–H groups in total. The standard InChI is InChI=1S/C13H13ClS/c1-2-12(14)13-11-8-4-3-6-10(11)7-5-9-15-13/h3-9,12H,2H2,1H3. The molecule has 0 nitrogen and oxygen atoms in total. The minimum Gasteiger partial charge on any atom is -0.117 e. The molecule has 0 bridgehead atoms. The van der Waals surface area contributed by atoms with E-state index >= 15 is 0 Å². The summed E-state index contributed by atoms with van der Waals surface area (Å²) in [6, 6.07) is 8.40. The van der Waals surface area contributed by atoms with E-state index in [4.69, 9.17) is 11.6 Å². The molecular weight excluding hydrogens is 224 g/mol. The Kier molecular flexibility index (Phi) is 3.55. The molecule has 1 aromatic rings. The van der Waals surface area contributed by atoms with E-state index in [-0.39, 0.29) is 5.38 Å². The van der Waals surface area contributed by atoms with E-state index in [1.165, 1.54) is 15.3 Å². The first-order chi connectivity index (χ1) is 7.33. The molecule has 0 aliphatic carbocycles. The Bertz CT molecular complexity index is 488. The van der Waals surface area contributed by atoms with Gasteiger partial charge in [-0.3, -0.25) is 0 Å². The zero-order chi connectivity index (χ0) is 10.7. The van der Waals surface area contributed by atoms with Crippen LogP contribution in [0.4, 0.5) is 0 Å². The van der Waals surface area contributed by atoms with Crippen LogP contribution in [0.25, 0.3) is 11.0 Å². The third-order valence-electron chi connectivity index (χ3n) is 2.42. The summed E-state index contributed by atoms with van der Waals surface area (Å²) in [6.07, 6.45) is 5.18. The minimum absolute atomic E-state index is 0.118. The van der Waals surface area contributed by atoms with E-state index in [1.807, 2.05) is 0 Å². The summed E-state index contributed by atoms with van der Waals surface area (Å²) in [6.45, 7) is 2.12. The van der Waals surface area contributed by atoms with Gasteiger partial charge in [0.25, 0.3) is 0 Å². The van der Waals surface area contributed by atoms with Gasteiger partial charge in [0.05, 0.1) is 5.38 Å². The molecule has 0 amide bonds. The second-order valence-electron chi connectivity index (χ2n) is 3.44. The predicted molar refractivity (Wildman–Crippen MR) is 70.2 cm³/mol. The second-order valence-corrected chi connectivity index (χ2v) is 4.91. The molecule has 1 heterocycles. The van der Waals surface area contributed by atoms with Crippen LogP contribution in [-0.2, 0) is 0 Å². The van der Waals surface area contributed by atoms with Gasteiger partial charge in [-0.1, -0.05) is 43.3 Å². The highest BCUT2D eigenvalue weighted by Gasteiger charge is 2.10. The first-order valence-electron chi connectivity index (χ1n) is 5.09. The molecule has 1 unspecified atom stereocenters. The fraction of sp³-hybridized carbons (Fsp3) is 0.231. The lowest BCUT2D eigenvalue weighted by molar-refractivity contribution is 0.992. The number of hydrogen-bond donors (Lipinski definition) is 0. The smallest absolute Gasteiger partial charge is 0.0651 e. The molecule has 1 aliphatic rings. The van der Waals surface area contributed by atoms with E-state index in [9.17, 15) is 0 Å². The molecule has 1 aromatic carbocycles. The number of halogens is 1. The van der Waals surface area contributed by atoms with E-state index in [2.05, 4.69) is 48.7 Å². The molecule has 0 fully saturated rings. The number of rotatable bonds is 2. The Balaban J connectivity index is 2.70. The van der Waals surface area contributed by atoms with Crippen LogP contribution in [0.1, 0.15) is 13.3 Å². The van der Waals surface area contributed by atoms with Crippen molar-refractivity contribution in [2.75, 3.05) is 0 Å². The van der Waals surface area contributed by atoms with Gasteiger partial charge in [-0.15, -0.1) is 23.4 Å². The molecule has 1 atom stereocenters. The zero-order valence-electron chi connectivity index (χ0n) is 8.61. The number of thioether (sulfide) groups is 1. The van der Waals surface area contributed by atoms with E-state index in [0.717, 1.165) is 6.42 Å². The van der Waals surface area contributed by atoms with Gasteiger partial charge in [0.15, 0.2) is 0 Å².